The van der Waals surface area contributed by atoms with Gasteiger partial charge in [0.05, 0.1) is 12.0 Å². The first kappa shape index (κ1) is 15.1. The Kier molecular flexibility index (Phi) is 4.98. The molecule has 0 aromatic carbocycles. The second-order valence-electron chi connectivity index (χ2n) is 6.43. The lowest BCUT2D eigenvalue weighted by atomic mass is 10.1. The highest BCUT2D eigenvalue weighted by molar-refractivity contribution is 5.80. The van der Waals surface area contributed by atoms with Gasteiger partial charge < -0.3 is 19.2 Å². The molecule has 0 amide bonds. The van der Waals surface area contributed by atoms with E-state index in [9.17, 15) is 0 Å². The molecule has 0 bridgehead atoms. The molecule has 0 N–H and O–H groups in total. The Labute approximate surface area is 127 Å². The predicted molar refractivity (Wildman–Crippen MR) is 80.3 cm³/mol. The summed E-state index contributed by atoms with van der Waals surface area (Å²) in [6, 6.07) is 0. The average Bonchev–Trinajstić information content (AvgIpc) is 2.90. The number of likely N-dealkylation sites (tertiary alicyclic amines) is 2. The lowest BCUT2D eigenvalue weighted by Crippen LogP contribution is -2.44. The van der Waals surface area contributed by atoms with Crippen LogP contribution < -0.4 is 0 Å². The standard InChI is InChI=1S/C15H27N3O3/c1-17-9-13(14(10-17)19-2)15-16-20-11-12(21-15)8-18-6-4-3-5-7-18/h12-14H,3-11H2,1-2H3. The first-order chi connectivity index (χ1) is 10.3. The van der Waals surface area contributed by atoms with Crippen LogP contribution in [0.4, 0.5) is 0 Å². The molecule has 120 valence electrons. The van der Waals surface area contributed by atoms with E-state index >= 15 is 0 Å². The van der Waals surface area contributed by atoms with Gasteiger partial charge >= 0.3 is 0 Å². The Morgan fingerprint density at radius 2 is 2.05 bits per heavy atom. The maximum atomic E-state index is 6.13. The molecule has 0 aromatic rings. The van der Waals surface area contributed by atoms with Crippen LogP contribution in [0.3, 0.4) is 0 Å². The molecule has 3 rings (SSSR count). The first-order valence-corrected chi connectivity index (χ1v) is 8.06. The minimum Gasteiger partial charge on any atom is -0.470 e. The lowest BCUT2D eigenvalue weighted by Gasteiger charge is -2.33. The lowest BCUT2D eigenvalue weighted by molar-refractivity contribution is -0.0207. The largest absolute Gasteiger partial charge is 0.470 e. The average molecular weight is 297 g/mol. The van der Waals surface area contributed by atoms with E-state index in [0.717, 1.165) is 25.5 Å². The molecule has 0 spiro atoms. The molecule has 21 heavy (non-hydrogen) atoms. The van der Waals surface area contributed by atoms with E-state index in [2.05, 4.69) is 22.0 Å². The number of ether oxygens (including phenoxy) is 2. The monoisotopic (exact) mass is 297 g/mol. The molecule has 0 saturated carbocycles. The summed E-state index contributed by atoms with van der Waals surface area (Å²) in [6.45, 7) is 5.69. The number of methoxy groups -OCH3 is 1. The zero-order valence-corrected chi connectivity index (χ0v) is 13.2. The molecular formula is C15H27N3O3. The summed E-state index contributed by atoms with van der Waals surface area (Å²) in [6.07, 6.45) is 4.20. The SMILES string of the molecule is COC1CN(C)CC1C1=NOCC(CN2CCCCC2)O1. The fraction of sp³-hybridized carbons (Fsp3) is 0.933. The normalized spacial score (nSPS) is 35.1. The highest BCUT2D eigenvalue weighted by atomic mass is 16.7. The molecule has 6 heteroatoms. The molecule has 3 atom stereocenters. The van der Waals surface area contributed by atoms with Gasteiger partial charge in [-0.25, -0.2) is 0 Å². The van der Waals surface area contributed by atoms with Crippen molar-refractivity contribution >= 4 is 5.90 Å². The van der Waals surface area contributed by atoms with E-state index in [1.807, 2.05) is 0 Å². The number of rotatable bonds is 4. The molecule has 3 unspecified atom stereocenters. The van der Waals surface area contributed by atoms with Crippen molar-refractivity contribution in [1.82, 2.24) is 9.80 Å². The van der Waals surface area contributed by atoms with E-state index in [0.29, 0.717) is 6.61 Å². The van der Waals surface area contributed by atoms with Crippen LogP contribution in [0.15, 0.2) is 5.16 Å². The molecule has 3 aliphatic rings. The molecular weight excluding hydrogens is 270 g/mol. The summed E-state index contributed by atoms with van der Waals surface area (Å²) in [5.74, 6) is 0.906. The predicted octanol–water partition coefficient (Wildman–Crippen LogP) is 0.778. The summed E-state index contributed by atoms with van der Waals surface area (Å²) < 4.78 is 11.7. The van der Waals surface area contributed by atoms with Gasteiger partial charge in [0.2, 0.25) is 5.90 Å². The number of piperidine rings is 1. The van der Waals surface area contributed by atoms with E-state index in [1.165, 1.54) is 32.4 Å². The topological polar surface area (TPSA) is 46.5 Å². The van der Waals surface area contributed by atoms with Gasteiger partial charge in [0.25, 0.3) is 0 Å². The first-order valence-electron chi connectivity index (χ1n) is 8.06. The van der Waals surface area contributed by atoms with Crippen molar-refractivity contribution in [3.63, 3.8) is 0 Å². The Hall–Kier alpha value is -0.850. The van der Waals surface area contributed by atoms with Gasteiger partial charge in [0.1, 0.15) is 6.10 Å². The van der Waals surface area contributed by atoms with Gasteiger partial charge in [-0.1, -0.05) is 11.6 Å². The second-order valence-corrected chi connectivity index (χ2v) is 6.43. The Balaban J connectivity index is 1.56. The van der Waals surface area contributed by atoms with Gasteiger partial charge in [-0.15, -0.1) is 0 Å². The molecule has 6 nitrogen and oxygen atoms in total. The van der Waals surface area contributed by atoms with E-state index in [1.54, 1.807) is 7.11 Å². The summed E-state index contributed by atoms with van der Waals surface area (Å²) in [4.78, 5) is 10.2. The zero-order chi connectivity index (χ0) is 14.7. The van der Waals surface area contributed by atoms with Crippen molar-refractivity contribution in [2.45, 2.75) is 31.5 Å². The van der Waals surface area contributed by atoms with E-state index in [-0.39, 0.29) is 18.1 Å². The second kappa shape index (κ2) is 6.94. The van der Waals surface area contributed by atoms with Gasteiger partial charge in [0, 0.05) is 26.7 Å². The Bertz CT molecular complexity index is 371. The number of oxime groups is 1. The van der Waals surface area contributed by atoms with Gasteiger partial charge in [0.15, 0.2) is 6.61 Å². The molecule has 3 heterocycles. The van der Waals surface area contributed by atoms with Crippen LogP contribution in [0.1, 0.15) is 19.3 Å². The molecule has 0 aromatic heterocycles. The third-order valence-electron chi connectivity index (χ3n) is 4.68. The Morgan fingerprint density at radius 1 is 1.24 bits per heavy atom. The third kappa shape index (κ3) is 3.67. The summed E-state index contributed by atoms with van der Waals surface area (Å²) in [5, 5.41) is 4.16. The maximum Gasteiger partial charge on any atom is 0.233 e. The molecule has 0 radical (unpaired) electrons. The minimum absolute atomic E-state index is 0.0963. The number of hydrogen-bond acceptors (Lipinski definition) is 6. The van der Waals surface area contributed by atoms with Gasteiger partial charge in [-0.2, -0.15) is 0 Å². The third-order valence-corrected chi connectivity index (χ3v) is 4.68. The van der Waals surface area contributed by atoms with Crippen LogP contribution >= 0.6 is 0 Å². The van der Waals surface area contributed by atoms with Crippen LogP contribution in [0.2, 0.25) is 0 Å². The van der Waals surface area contributed by atoms with E-state index < -0.39 is 0 Å². The molecule has 0 aliphatic carbocycles. The van der Waals surface area contributed by atoms with Crippen LogP contribution in [0, 0.1) is 5.92 Å². The summed E-state index contributed by atoms with van der Waals surface area (Å²) >= 11 is 0. The van der Waals surface area contributed by atoms with Crippen molar-refractivity contribution in [3.05, 3.63) is 0 Å². The molecule has 3 aliphatic heterocycles. The molecule has 2 fully saturated rings. The van der Waals surface area contributed by atoms with Crippen LogP contribution in [0.25, 0.3) is 0 Å². The highest BCUT2D eigenvalue weighted by Gasteiger charge is 2.38. The fourth-order valence-corrected chi connectivity index (χ4v) is 3.52. The van der Waals surface area contributed by atoms with Crippen LogP contribution in [-0.2, 0) is 14.3 Å². The van der Waals surface area contributed by atoms with Crippen molar-refractivity contribution in [2.24, 2.45) is 11.1 Å². The number of hydrogen-bond donors (Lipinski definition) is 0. The zero-order valence-electron chi connectivity index (χ0n) is 13.2. The van der Waals surface area contributed by atoms with Crippen LogP contribution in [-0.4, -0.2) is 81.4 Å². The summed E-state index contributed by atoms with van der Waals surface area (Å²) in [7, 11) is 3.85. The minimum atomic E-state index is 0.0963. The van der Waals surface area contributed by atoms with Crippen molar-refractivity contribution < 1.29 is 14.3 Å². The maximum absolute atomic E-state index is 6.13. The van der Waals surface area contributed by atoms with Crippen molar-refractivity contribution in [2.75, 3.05) is 53.5 Å². The quantitative estimate of drug-likeness (QED) is 0.767. The van der Waals surface area contributed by atoms with Gasteiger partial charge in [-0.05, 0) is 33.0 Å². The van der Waals surface area contributed by atoms with Gasteiger partial charge in [-0.3, -0.25) is 4.90 Å². The Morgan fingerprint density at radius 3 is 2.81 bits per heavy atom. The van der Waals surface area contributed by atoms with Crippen molar-refractivity contribution in [3.8, 4) is 0 Å². The van der Waals surface area contributed by atoms with E-state index in [4.69, 9.17) is 14.3 Å². The van der Waals surface area contributed by atoms with Crippen LogP contribution in [0.5, 0.6) is 0 Å². The van der Waals surface area contributed by atoms with Crippen molar-refractivity contribution in [1.29, 1.82) is 0 Å². The number of nitrogens with zero attached hydrogens (tertiary/aromatic N) is 3. The summed E-state index contributed by atoms with van der Waals surface area (Å²) in [5.41, 5.74) is 0. The number of likely N-dealkylation sites (N-methyl/N-ethyl adjacent to an activating group) is 1. The highest BCUT2D eigenvalue weighted by Crippen LogP contribution is 2.23. The fourth-order valence-electron chi connectivity index (χ4n) is 3.52. The molecule has 2 saturated heterocycles. The smallest absolute Gasteiger partial charge is 0.233 e.